The summed E-state index contributed by atoms with van der Waals surface area (Å²) in [5, 5.41) is 2.72. The van der Waals surface area contributed by atoms with E-state index in [0.717, 1.165) is 31.2 Å². The first-order valence-electron chi connectivity index (χ1n) is 10.5. The first-order valence-corrected chi connectivity index (χ1v) is 10.5. The van der Waals surface area contributed by atoms with Crippen molar-refractivity contribution < 1.29 is 13.6 Å². The van der Waals surface area contributed by atoms with Crippen LogP contribution in [0, 0.1) is 11.7 Å². The van der Waals surface area contributed by atoms with Gasteiger partial charge in [0.2, 0.25) is 0 Å². The van der Waals surface area contributed by atoms with Gasteiger partial charge in [0.05, 0.1) is 6.54 Å². The van der Waals surface area contributed by atoms with E-state index in [4.69, 9.17) is 4.42 Å². The van der Waals surface area contributed by atoms with E-state index in [9.17, 15) is 9.18 Å². The quantitative estimate of drug-likeness (QED) is 0.613. The van der Waals surface area contributed by atoms with Crippen LogP contribution in [0.5, 0.6) is 0 Å². The zero-order valence-corrected chi connectivity index (χ0v) is 17.0. The summed E-state index contributed by atoms with van der Waals surface area (Å²) in [4.78, 5) is 14.7. The number of hydrogen-bond donors (Lipinski definition) is 1. The van der Waals surface area contributed by atoms with Crippen LogP contribution in [0.3, 0.4) is 0 Å². The summed E-state index contributed by atoms with van der Waals surface area (Å²) >= 11 is 0. The molecule has 0 bridgehead atoms. The van der Waals surface area contributed by atoms with Crippen LogP contribution in [0.15, 0.2) is 71.1 Å². The molecule has 0 atom stereocenters. The number of benzene rings is 2. The fourth-order valence-corrected chi connectivity index (χ4v) is 4.01. The molecule has 1 saturated heterocycles. The number of nitrogens with zero attached hydrogens (tertiary/aromatic N) is 1. The molecule has 5 heteroatoms. The Morgan fingerprint density at radius 3 is 2.50 bits per heavy atom. The molecule has 1 fully saturated rings. The average molecular weight is 407 g/mol. The van der Waals surface area contributed by atoms with Crippen molar-refractivity contribution in [3.05, 3.63) is 95.2 Å². The molecule has 30 heavy (non-hydrogen) atoms. The largest absolute Gasteiger partial charge is 0.455 e. The van der Waals surface area contributed by atoms with Crippen LogP contribution in [0.2, 0.25) is 0 Å². The Bertz CT molecular complexity index is 962. The van der Waals surface area contributed by atoms with E-state index in [1.807, 2.05) is 6.07 Å². The summed E-state index contributed by atoms with van der Waals surface area (Å²) in [6, 6.07) is 20.6. The summed E-state index contributed by atoms with van der Waals surface area (Å²) in [6.07, 6.45) is 3.49. The van der Waals surface area contributed by atoms with Crippen molar-refractivity contribution in [2.75, 3.05) is 13.1 Å². The molecule has 1 aliphatic heterocycles. The Morgan fingerprint density at radius 2 is 1.73 bits per heavy atom. The second-order valence-electron chi connectivity index (χ2n) is 7.95. The molecule has 2 aromatic carbocycles. The number of halogens is 1. The normalized spacial score (nSPS) is 15.2. The first kappa shape index (κ1) is 20.4. The second kappa shape index (κ2) is 9.72. The fraction of sp³-hybridized carbons (Fsp3) is 0.320. The van der Waals surface area contributed by atoms with E-state index in [1.165, 1.54) is 24.5 Å². The minimum Gasteiger partial charge on any atom is -0.455 e. The lowest BCUT2D eigenvalue weighted by Gasteiger charge is -2.31. The molecule has 0 unspecified atom stereocenters. The van der Waals surface area contributed by atoms with Crippen LogP contribution < -0.4 is 5.32 Å². The highest BCUT2D eigenvalue weighted by Crippen LogP contribution is 2.23. The third-order valence-electron chi connectivity index (χ3n) is 5.74. The summed E-state index contributed by atoms with van der Waals surface area (Å²) in [5.74, 6) is 1.12. The van der Waals surface area contributed by atoms with Gasteiger partial charge >= 0.3 is 0 Å². The number of carbonyl (C=O) groups is 1. The van der Waals surface area contributed by atoms with Crippen LogP contribution in [0.25, 0.3) is 0 Å². The van der Waals surface area contributed by atoms with E-state index < -0.39 is 0 Å². The zero-order chi connectivity index (χ0) is 20.8. The maximum atomic E-state index is 13.7. The molecular formula is C25H27FN2O2. The smallest absolute Gasteiger partial charge is 0.287 e. The maximum Gasteiger partial charge on any atom is 0.287 e. The van der Waals surface area contributed by atoms with Crippen molar-refractivity contribution in [3.8, 4) is 0 Å². The molecule has 0 aliphatic carbocycles. The number of nitrogens with one attached hydrogen (secondary N) is 1. The molecule has 1 aliphatic rings. The predicted octanol–water partition coefficient (Wildman–Crippen LogP) is 4.80. The highest BCUT2D eigenvalue weighted by atomic mass is 19.1. The summed E-state index contributed by atoms with van der Waals surface area (Å²) in [5.41, 5.74) is 1.86. The fourth-order valence-electron chi connectivity index (χ4n) is 4.01. The van der Waals surface area contributed by atoms with Gasteiger partial charge in [0.25, 0.3) is 5.91 Å². The number of hydrogen-bond acceptors (Lipinski definition) is 3. The zero-order valence-electron chi connectivity index (χ0n) is 17.0. The van der Waals surface area contributed by atoms with Gasteiger partial charge in [0.1, 0.15) is 11.6 Å². The second-order valence-corrected chi connectivity index (χ2v) is 7.95. The summed E-state index contributed by atoms with van der Waals surface area (Å²) in [7, 11) is 0. The number of carbonyl (C=O) groups excluding carboxylic acids is 1. The lowest BCUT2D eigenvalue weighted by atomic mass is 9.90. The number of piperidine rings is 1. The molecule has 4 rings (SSSR count). The minimum absolute atomic E-state index is 0.135. The average Bonchev–Trinajstić information content (AvgIpc) is 3.24. The maximum absolute atomic E-state index is 13.7. The number of amides is 1. The Morgan fingerprint density at radius 1 is 1.00 bits per heavy atom. The van der Waals surface area contributed by atoms with Gasteiger partial charge in [0.15, 0.2) is 5.76 Å². The number of furan rings is 1. The lowest BCUT2D eigenvalue weighted by Crippen LogP contribution is -2.33. The topological polar surface area (TPSA) is 45.5 Å². The van der Waals surface area contributed by atoms with Crippen molar-refractivity contribution in [2.45, 2.75) is 32.4 Å². The highest BCUT2D eigenvalue weighted by molar-refractivity contribution is 5.91. The van der Waals surface area contributed by atoms with Gasteiger partial charge in [-0.2, -0.15) is 0 Å². The van der Waals surface area contributed by atoms with Gasteiger partial charge in [-0.25, -0.2) is 4.39 Å². The molecule has 2 heterocycles. The predicted molar refractivity (Wildman–Crippen MR) is 114 cm³/mol. The molecule has 0 radical (unpaired) electrons. The van der Waals surface area contributed by atoms with Gasteiger partial charge in [-0.3, -0.25) is 9.69 Å². The summed E-state index contributed by atoms with van der Waals surface area (Å²) in [6.45, 7) is 2.91. The molecular weight excluding hydrogens is 379 g/mol. The molecule has 3 aromatic rings. The lowest BCUT2D eigenvalue weighted by molar-refractivity contribution is 0.0917. The van der Waals surface area contributed by atoms with Gasteiger partial charge in [-0.1, -0.05) is 48.5 Å². The first-order chi connectivity index (χ1) is 14.7. The van der Waals surface area contributed by atoms with Crippen molar-refractivity contribution in [2.24, 2.45) is 5.92 Å². The van der Waals surface area contributed by atoms with E-state index in [-0.39, 0.29) is 24.0 Å². The van der Waals surface area contributed by atoms with Gasteiger partial charge in [-0.15, -0.1) is 0 Å². The summed E-state index contributed by atoms with van der Waals surface area (Å²) < 4.78 is 19.4. The SMILES string of the molecule is O=C(NCc1ccccc1F)c1ccc(CN2CCC(Cc3ccccc3)CC2)o1. The molecule has 1 aromatic heterocycles. The number of likely N-dealkylation sites (tertiary alicyclic amines) is 1. The Labute approximate surface area is 176 Å². The molecule has 0 spiro atoms. The minimum atomic E-state index is -0.328. The molecule has 1 N–H and O–H groups in total. The number of rotatable bonds is 7. The van der Waals surface area contributed by atoms with Crippen molar-refractivity contribution in [1.82, 2.24) is 10.2 Å². The van der Waals surface area contributed by atoms with E-state index in [0.29, 0.717) is 12.1 Å². The van der Waals surface area contributed by atoms with Crippen molar-refractivity contribution in [3.63, 3.8) is 0 Å². The van der Waals surface area contributed by atoms with Crippen LogP contribution in [0.1, 0.15) is 40.3 Å². The molecule has 0 saturated carbocycles. The molecule has 156 valence electrons. The van der Waals surface area contributed by atoms with Crippen LogP contribution >= 0.6 is 0 Å². The van der Waals surface area contributed by atoms with Gasteiger partial charge < -0.3 is 9.73 Å². The van der Waals surface area contributed by atoms with Crippen molar-refractivity contribution in [1.29, 1.82) is 0 Å². The van der Waals surface area contributed by atoms with E-state index in [1.54, 1.807) is 24.3 Å². The monoisotopic (exact) mass is 406 g/mol. The molecule has 4 nitrogen and oxygen atoms in total. The van der Waals surface area contributed by atoms with E-state index in [2.05, 4.69) is 40.5 Å². The van der Waals surface area contributed by atoms with Crippen LogP contribution in [0.4, 0.5) is 4.39 Å². The van der Waals surface area contributed by atoms with E-state index >= 15 is 0 Å². The van der Waals surface area contributed by atoms with Crippen LogP contribution in [-0.4, -0.2) is 23.9 Å². The molecule has 1 amide bonds. The third-order valence-corrected chi connectivity index (χ3v) is 5.74. The van der Waals surface area contributed by atoms with Gasteiger partial charge in [0, 0.05) is 12.1 Å². The Balaban J connectivity index is 1.24. The Hall–Kier alpha value is -2.92. The van der Waals surface area contributed by atoms with Crippen molar-refractivity contribution >= 4 is 5.91 Å². The van der Waals surface area contributed by atoms with Gasteiger partial charge in [-0.05, 0) is 62.0 Å². The van der Waals surface area contributed by atoms with Crippen LogP contribution in [-0.2, 0) is 19.5 Å². The third kappa shape index (κ3) is 5.36. The standard InChI is InChI=1S/C25H27FN2O2/c26-23-9-5-4-8-21(23)17-27-25(29)24-11-10-22(30-24)18-28-14-12-20(13-15-28)16-19-6-2-1-3-7-19/h1-11,20H,12-18H2,(H,27,29). The Kier molecular flexibility index (Phi) is 6.60. The highest BCUT2D eigenvalue weighted by Gasteiger charge is 2.21.